The van der Waals surface area contributed by atoms with E-state index < -0.39 is 6.09 Å². The highest BCUT2D eigenvalue weighted by atomic mass is 16.5. The van der Waals surface area contributed by atoms with Crippen LogP contribution in [0.4, 0.5) is 4.79 Å². The Bertz CT molecular complexity index is 454. The van der Waals surface area contributed by atoms with E-state index in [0.29, 0.717) is 0 Å². The van der Waals surface area contributed by atoms with Crippen molar-refractivity contribution in [3.05, 3.63) is 11.9 Å². The van der Waals surface area contributed by atoms with E-state index in [0.717, 1.165) is 25.8 Å². The Morgan fingerprint density at radius 2 is 1.96 bits per heavy atom. The number of carbonyl (C=O) groups excluding carboxylic acids is 2. The lowest BCUT2D eigenvalue weighted by Crippen LogP contribution is -2.46. The van der Waals surface area contributed by atoms with Crippen LogP contribution in [0.25, 0.3) is 0 Å². The molecule has 0 saturated carbocycles. The first-order valence-corrected chi connectivity index (χ1v) is 9.71. The number of carbonyl (C=O) groups is 2. The van der Waals surface area contributed by atoms with Gasteiger partial charge in [-0.25, -0.2) is 4.79 Å². The van der Waals surface area contributed by atoms with Crippen molar-refractivity contribution in [3.63, 3.8) is 0 Å². The van der Waals surface area contributed by atoms with E-state index in [1.807, 2.05) is 24.9 Å². The Morgan fingerprint density at radius 3 is 2.46 bits per heavy atom. The SMILES string of the molecule is CC.CCC.COC(=O)NCC(=O)N1CCCC1CC1NC=C(C)N1C. The van der Waals surface area contributed by atoms with Crippen LogP contribution in [-0.4, -0.2) is 61.3 Å². The van der Waals surface area contributed by atoms with Gasteiger partial charge in [0, 0.05) is 38.0 Å². The van der Waals surface area contributed by atoms with Crippen molar-refractivity contribution in [3.8, 4) is 0 Å². The first-order chi connectivity index (χ1) is 12.4. The number of hydrogen-bond donors (Lipinski definition) is 2. The molecule has 1 saturated heterocycles. The molecule has 7 heteroatoms. The van der Waals surface area contributed by atoms with Gasteiger partial charge in [-0.1, -0.05) is 34.1 Å². The monoisotopic (exact) mass is 370 g/mol. The molecule has 2 aliphatic heterocycles. The summed E-state index contributed by atoms with van der Waals surface area (Å²) in [6.07, 6.45) is 5.82. The summed E-state index contributed by atoms with van der Waals surface area (Å²) in [4.78, 5) is 27.3. The predicted octanol–water partition coefficient (Wildman–Crippen LogP) is 2.89. The number of ether oxygens (including phenoxy) is 1. The van der Waals surface area contributed by atoms with E-state index in [4.69, 9.17) is 0 Å². The largest absolute Gasteiger partial charge is 0.453 e. The number of allylic oxidation sites excluding steroid dienone is 1. The average molecular weight is 371 g/mol. The summed E-state index contributed by atoms with van der Waals surface area (Å²) in [6, 6.07) is 0.219. The van der Waals surface area contributed by atoms with Gasteiger partial charge in [0.25, 0.3) is 0 Å². The van der Waals surface area contributed by atoms with E-state index in [1.54, 1.807) is 0 Å². The first-order valence-electron chi connectivity index (χ1n) is 9.71. The summed E-state index contributed by atoms with van der Waals surface area (Å²) in [5.41, 5.74) is 1.20. The van der Waals surface area contributed by atoms with E-state index in [-0.39, 0.29) is 24.7 Å². The quantitative estimate of drug-likeness (QED) is 0.796. The zero-order chi connectivity index (χ0) is 20.1. The number of alkyl carbamates (subject to hydrolysis) is 1. The van der Waals surface area contributed by atoms with E-state index in [2.05, 4.69) is 48.1 Å². The molecular formula is C19H38N4O3. The molecule has 0 aromatic rings. The Balaban J connectivity index is 0.00000113. The van der Waals surface area contributed by atoms with Crippen molar-refractivity contribution in [1.82, 2.24) is 20.4 Å². The minimum atomic E-state index is -0.573. The maximum atomic E-state index is 12.2. The van der Waals surface area contributed by atoms with Crippen LogP contribution >= 0.6 is 0 Å². The lowest BCUT2D eigenvalue weighted by atomic mass is 10.1. The molecule has 0 radical (unpaired) electrons. The lowest BCUT2D eigenvalue weighted by Gasteiger charge is -2.31. The molecule has 2 amide bonds. The molecule has 2 heterocycles. The molecule has 26 heavy (non-hydrogen) atoms. The number of amides is 2. The highest BCUT2D eigenvalue weighted by Gasteiger charge is 2.32. The zero-order valence-corrected chi connectivity index (χ0v) is 17.6. The third kappa shape index (κ3) is 7.54. The van der Waals surface area contributed by atoms with Crippen molar-refractivity contribution in [1.29, 1.82) is 0 Å². The second-order valence-electron chi connectivity index (χ2n) is 6.25. The molecule has 2 N–H and O–H groups in total. The average Bonchev–Trinajstić information content (AvgIpc) is 3.24. The number of hydrogen-bond acceptors (Lipinski definition) is 5. The minimum Gasteiger partial charge on any atom is -0.453 e. The summed E-state index contributed by atoms with van der Waals surface area (Å²) >= 11 is 0. The van der Waals surface area contributed by atoms with Crippen molar-refractivity contribution in [2.24, 2.45) is 0 Å². The first kappa shape index (κ1) is 24.1. The highest BCUT2D eigenvalue weighted by molar-refractivity contribution is 5.82. The molecule has 2 atom stereocenters. The molecule has 0 aliphatic carbocycles. The summed E-state index contributed by atoms with van der Waals surface area (Å²) in [7, 11) is 3.34. The van der Waals surface area contributed by atoms with E-state index >= 15 is 0 Å². The van der Waals surface area contributed by atoms with Gasteiger partial charge in [0.15, 0.2) is 0 Å². The van der Waals surface area contributed by atoms with Crippen LogP contribution in [0.5, 0.6) is 0 Å². The van der Waals surface area contributed by atoms with Crippen LogP contribution in [0.2, 0.25) is 0 Å². The predicted molar refractivity (Wildman–Crippen MR) is 106 cm³/mol. The Morgan fingerprint density at radius 1 is 1.35 bits per heavy atom. The molecule has 2 rings (SSSR count). The second kappa shape index (κ2) is 13.3. The zero-order valence-electron chi connectivity index (χ0n) is 17.6. The van der Waals surface area contributed by atoms with Crippen molar-refractivity contribution in [2.45, 2.75) is 72.5 Å². The number of rotatable bonds is 4. The van der Waals surface area contributed by atoms with Crippen LogP contribution in [0.3, 0.4) is 0 Å². The van der Waals surface area contributed by atoms with E-state index in [9.17, 15) is 9.59 Å². The molecule has 0 bridgehead atoms. The smallest absolute Gasteiger partial charge is 0.407 e. The topological polar surface area (TPSA) is 73.9 Å². The highest BCUT2D eigenvalue weighted by Crippen LogP contribution is 2.24. The molecule has 0 spiro atoms. The van der Waals surface area contributed by atoms with Gasteiger partial charge in [-0.3, -0.25) is 4.79 Å². The fraction of sp³-hybridized carbons (Fsp3) is 0.789. The van der Waals surface area contributed by atoms with Gasteiger partial charge in [0.05, 0.1) is 13.3 Å². The maximum Gasteiger partial charge on any atom is 0.407 e. The van der Waals surface area contributed by atoms with Gasteiger partial charge in [-0.2, -0.15) is 0 Å². The van der Waals surface area contributed by atoms with Crippen LogP contribution < -0.4 is 10.6 Å². The summed E-state index contributed by atoms with van der Waals surface area (Å²) in [5, 5.41) is 5.79. The molecule has 7 nitrogen and oxygen atoms in total. The maximum absolute atomic E-state index is 12.2. The van der Waals surface area contributed by atoms with Crippen molar-refractivity contribution in [2.75, 3.05) is 27.2 Å². The fourth-order valence-corrected chi connectivity index (χ4v) is 2.89. The second-order valence-corrected chi connectivity index (χ2v) is 6.25. The van der Waals surface area contributed by atoms with E-state index in [1.165, 1.54) is 19.2 Å². The molecule has 2 unspecified atom stereocenters. The van der Waals surface area contributed by atoms with Gasteiger partial charge in [0.2, 0.25) is 5.91 Å². The fourth-order valence-electron chi connectivity index (χ4n) is 2.89. The number of likely N-dealkylation sites (tertiary alicyclic amines) is 1. The van der Waals surface area contributed by atoms with Gasteiger partial charge in [-0.05, 0) is 19.8 Å². The van der Waals surface area contributed by atoms with Gasteiger partial charge >= 0.3 is 6.09 Å². The van der Waals surface area contributed by atoms with Crippen LogP contribution in [0, 0.1) is 0 Å². The summed E-state index contributed by atoms with van der Waals surface area (Å²) in [6.45, 7) is 11.1. The number of nitrogens with one attached hydrogen (secondary N) is 2. The van der Waals surface area contributed by atoms with Crippen molar-refractivity contribution < 1.29 is 14.3 Å². The molecule has 0 aromatic carbocycles. The number of nitrogens with zero attached hydrogens (tertiary/aromatic N) is 2. The minimum absolute atomic E-state index is 0.00557. The standard InChI is InChI=1S/C14H24N4O3.C3H8.C2H6/c1-10-8-15-12(17(10)2)7-11-5-4-6-18(11)13(19)9-16-14(20)21-3;1-3-2;1-2/h8,11-12,15H,4-7,9H2,1-3H3,(H,16,20);3H2,1-2H3;1-2H3. The molecule has 152 valence electrons. The Kier molecular flexibility index (Phi) is 12.3. The third-order valence-electron chi connectivity index (χ3n) is 4.27. The third-order valence-corrected chi connectivity index (χ3v) is 4.27. The Labute approximate surface area is 159 Å². The Hall–Kier alpha value is -1.92. The van der Waals surface area contributed by atoms with Gasteiger partial charge in [-0.15, -0.1) is 0 Å². The van der Waals surface area contributed by atoms with Crippen LogP contribution in [-0.2, 0) is 9.53 Å². The molecule has 2 aliphatic rings. The van der Waals surface area contributed by atoms with Gasteiger partial charge < -0.3 is 25.2 Å². The normalized spacial score (nSPS) is 20.8. The summed E-state index contributed by atoms with van der Waals surface area (Å²) < 4.78 is 4.48. The molecular weight excluding hydrogens is 332 g/mol. The molecule has 1 fully saturated rings. The summed E-state index contributed by atoms with van der Waals surface area (Å²) in [5.74, 6) is -0.0479. The van der Waals surface area contributed by atoms with Crippen LogP contribution in [0.1, 0.15) is 60.3 Å². The lowest BCUT2D eigenvalue weighted by molar-refractivity contribution is -0.131. The van der Waals surface area contributed by atoms with Crippen LogP contribution in [0.15, 0.2) is 11.9 Å². The molecule has 0 aromatic heterocycles. The number of methoxy groups -OCH3 is 1. The van der Waals surface area contributed by atoms with Gasteiger partial charge in [0.1, 0.15) is 6.54 Å². The van der Waals surface area contributed by atoms with Crippen molar-refractivity contribution >= 4 is 12.0 Å².